The predicted octanol–water partition coefficient (Wildman–Crippen LogP) is 2.99. The number of nitrogens with one attached hydrogen (secondary N) is 1. The Hall–Kier alpha value is -2.32. The summed E-state index contributed by atoms with van der Waals surface area (Å²) in [7, 11) is 1.77. The van der Waals surface area contributed by atoms with Crippen LogP contribution in [0.1, 0.15) is 16.7 Å². The molecule has 0 aliphatic carbocycles. The van der Waals surface area contributed by atoms with Crippen LogP contribution in [0.15, 0.2) is 60.7 Å². The summed E-state index contributed by atoms with van der Waals surface area (Å²) in [6, 6.07) is 21.7. The maximum atomic E-state index is 5.65. The Morgan fingerprint density at radius 2 is 1.70 bits per heavy atom. The van der Waals surface area contributed by atoms with Gasteiger partial charge >= 0.3 is 0 Å². The first-order chi connectivity index (χ1) is 11.3. The van der Waals surface area contributed by atoms with Crippen LogP contribution in [0.4, 0.5) is 0 Å². The Kier molecular flexibility index (Phi) is 3.76. The molecular weight excluding hydrogens is 282 g/mol. The van der Waals surface area contributed by atoms with Gasteiger partial charge in [-0.05, 0) is 22.4 Å². The molecule has 2 nitrogen and oxygen atoms in total. The summed E-state index contributed by atoms with van der Waals surface area (Å²) in [5.74, 6) is 1.01. The number of rotatable bonds is 3. The van der Waals surface area contributed by atoms with Gasteiger partial charge in [0.05, 0.1) is 19.2 Å². The molecule has 1 atom stereocenters. The van der Waals surface area contributed by atoms with Crippen LogP contribution in [0.5, 0.6) is 5.75 Å². The number of fused-ring (bicyclic) bond motifs is 2. The second-order valence-electron chi connectivity index (χ2n) is 6.34. The first kappa shape index (κ1) is 14.3. The summed E-state index contributed by atoms with van der Waals surface area (Å²) in [6.45, 7) is 3.30. The van der Waals surface area contributed by atoms with Crippen molar-refractivity contribution in [3.05, 3.63) is 77.4 Å². The Morgan fingerprint density at radius 1 is 0.913 bits per heavy atom. The van der Waals surface area contributed by atoms with Crippen LogP contribution in [0, 0.1) is 0 Å². The number of hydrogen-bond donors (Lipinski definition) is 1. The standard InChI is InChI=1S/C21H21NO/c1-23-21-11-10-17-7-4-5-9-19(17)20(21)15-22-13-12-16-6-2-3-8-18(16)14-22/h2-11H,12-15H2,1H3/p+1. The first-order valence-corrected chi connectivity index (χ1v) is 8.30. The van der Waals surface area contributed by atoms with Crippen molar-refractivity contribution in [3.8, 4) is 5.75 Å². The van der Waals surface area contributed by atoms with Crippen molar-refractivity contribution in [1.29, 1.82) is 0 Å². The molecular formula is C21H22NO+. The molecule has 0 amide bonds. The van der Waals surface area contributed by atoms with Gasteiger partial charge in [-0.1, -0.05) is 54.6 Å². The lowest BCUT2D eigenvalue weighted by Crippen LogP contribution is -3.10. The first-order valence-electron chi connectivity index (χ1n) is 8.30. The van der Waals surface area contributed by atoms with E-state index in [0.717, 1.165) is 18.8 Å². The molecule has 0 fully saturated rings. The van der Waals surface area contributed by atoms with E-state index in [2.05, 4.69) is 60.7 Å². The molecule has 0 saturated carbocycles. The van der Waals surface area contributed by atoms with E-state index in [0.29, 0.717) is 0 Å². The minimum atomic E-state index is 1.01. The third-order valence-electron chi connectivity index (χ3n) is 4.95. The summed E-state index contributed by atoms with van der Waals surface area (Å²) in [4.78, 5) is 1.61. The zero-order chi connectivity index (χ0) is 15.6. The summed E-state index contributed by atoms with van der Waals surface area (Å²) in [5.41, 5.74) is 4.34. The van der Waals surface area contributed by atoms with Crippen molar-refractivity contribution >= 4 is 10.8 Å². The largest absolute Gasteiger partial charge is 0.496 e. The van der Waals surface area contributed by atoms with Crippen LogP contribution in [0.3, 0.4) is 0 Å². The molecule has 3 aromatic rings. The molecule has 1 unspecified atom stereocenters. The van der Waals surface area contributed by atoms with Gasteiger partial charge in [-0.25, -0.2) is 0 Å². The van der Waals surface area contributed by atoms with E-state index < -0.39 is 0 Å². The minimum absolute atomic E-state index is 1.01. The molecule has 116 valence electrons. The Labute approximate surface area is 137 Å². The van der Waals surface area contributed by atoms with Gasteiger partial charge in [0, 0.05) is 12.0 Å². The van der Waals surface area contributed by atoms with Crippen LogP contribution >= 0.6 is 0 Å². The van der Waals surface area contributed by atoms with Crippen LogP contribution in [0.25, 0.3) is 10.8 Å². The summed E-state index contributed by atoms with van der Waals surface area (Å²) in [6.07, 6.45) is 1.17. The van der Waals surface area contributed by atoms with E-state index in [1.54, 1.807) is 12.0 Å². The van der Waals surface area contributed by atoms with Crippen LogP contribution in [0.2, 0.25) is 0 Å². The SMILES string of the molecule is COc1ccc2ccccc2c1C[NH+]1CCc2ccccc2C1. The summed E-state index contributed by atoms with van der Waals surface area (Å²) in [5, 5.41) is 2.61. The number of benzene rings is 3. The van der Waals surface area contributed by atoms with Crippen LogP contribution in [-0.2, 0) is 19.5 Å². The molecule has 23 heavy (non-hydrogen) atoms. The predicted molar refractivity (Wildman–Crippen MR) is 93.9 cm³/mol. The highest BCUT2D eigenvalue weighted by atomic mass is 16.5. The number of quaternary nitrogens is 1. The third-order valence-corrected chi connectivity index (χ3v) is 4.95. The van der Waals surface area contributed by atoms with Crippen molar-refractivity contribution in [3.63, 3.8) is 0 Å². The van der Waals surface area contributed by atoms with Crippen molar-refractivity contribution in [1.82, 2.24) is 0 Å². The van der Waals surface area contributed by atoms with Crippen LogP contribution in [-0.4, -0.2) is 13.7 Å². The van der Waals surface area contributed by atoms with E-state index >= 15 is 0 Å². The Morgan fingerprint density at radius 3 is 2.57 bits per heavy atom. The van der Waals surface area contributed by atoms with Gasteiger partial charge in [0.1, 0.15) is 18.8 Å². The van der Waals surface area contributed by atoms with Gasteiger partial charge in [-0.15, -0.1) is 0 Å². The average molecular weight is 304 g/mol. The zero-order valence-electron chi connectivity index (χ0n) is 13.5. The van der Waals surface area contributed by atoms with E-state index in [-0.39, 0.29) is 0 Å². The highest BCUT2D eigenvalue weighted by Crippen LogP contribution is 2.27. The highest BCUT2D eigenvalue weighted by Gasteiger charge is 2.21. The van der Waals surface area contributed by atoms with E-state index in [1.807, 2.05) is 0 Å². The molecule has 1 aliphatic heterocycles. The number of hydrogen-bond acceptors (Lipinski definition) is 1. The molecule has 0 radical (unpaired) electrons. The van der Waals surface area contributed by atoms with Gasteiger partial charge in [0.2, 0.25) is 0 Å². The van der Waals surface area contributed by atoms with Gasteiger partial charge in [0.25, 0.3) is 0 Å². The zero-order valence-corrected chi connectivity index (χ0v) is 13.5. The quantitative estimate of drug-likeness (QED) is 0.785. The average Bonchev–Trinajstić information content (AvgIpc) is 2.62. The molecule has 3 aromatic carbocycles. The maximum Gasteiger partial charge on any atom is 0.128 e. The van der Waals surface area contributed by atoms with Gasteiger partial charge in [-0.3, -0.25) is 0 Å². The Balaban J connectivity index is 1.68. The molecule has 1 aliphatic rings. The number of ether oxygens (including phenoxy) is 1. The molecule has 0 bridgehead atoms. The lowest BCUT2D eigenvalue weighted by Gasteiger charge is -2.27. The van der Waals surface area contributed by atoms with Crippen molar-refractivity contribution in [2.75, 3.05) is 13.7 Å². The summed E-state index contributed by atoms with van der Waals surface area (Å²) >= 11 is 0. The van der Waals surface area contributed by atoms with E-state index in [4.69, 9.17) is 4.74 Å². The second kappa shape index (κ2) is 6.05. The van der Waals surface area contributed by atoms with Crippen molar-refractivity contribution in [2.24, 2.45) is 0 Å². The van der Waals surface area contributed by atoms with Gasteiger partial charge in [-0.2, -0.15) is 0 Å². The Bertz CT molecular complexity index is 840. The fourth-order valence-corrected chi connectivity index (χ4v) is 3.73. The molecule has 2 heteroatoms. The fraction of sp³-hybridized carbons (Fsp3) is 0.238. The topological polar surface area (TPSA) is 13.7 Å². The van der Waals surface area contributed by atoms with Crippen molar-refractivity contribution < 1.29 is 9.64 Å². The monoisotopic (exact) mass is 304 g/mol. The number of methoxy groups -OCH3 is 1. The third kappa shape index (κ3) is 2.71. The lowest BCUT2D eigenvalue weighted by atomic mass is 9.98. The molecule has 4 rings (SSSR count). The van der Waals surface area contributed by atoms with E-state index in [9.17, 15) is 0 Å². The fourth-order valence-electron chi connectivity index (χ4n) is 3.73. The van der Waals surface area contributed by atoms with Gasteiger partial charge in [0.15, 0.2) is 0 Å². The lowest BCUT2D eigenvalue weighted by molar-refractivity contribution is -0.929. The minimum Gasteiger partial charge on any atom is -0.496 e. The molecule has 1 N–H and O–H groups in total. The maximum absolute atomic E-state index is 5.65. The highest BCUT2D eigenvalue weighted by molar-refractivity contribution is 5.87. The van der Waals surface area contributed by atoms with E-state index in [1.165, 1.54) is 40.4 Å². The normalized spacial score (nSPS) is 17.0. The second-order valence-corrected chi connectivity index (χ2v) is 6.34. The van der Waals surface area contributed by atoms with Crippen molar-refractivity contribution in [2.45, 2.75) is 19.5 Å². The van der Waals surface area contributed by atoms with Gasteiger partial charge < -0.3 is 9.64 Å². The summed E-state index contributed by atoms with van der Waals surface area (Å²) < 4.78 is 5.65. The smallest absolute Gasteiger partial charge is 0.128 e. The molecule has 0 saturated heterocycles. The van der Waals surface area contributed by atoms with Crippen LogP contribution < -0.4 is 9.64 Å². The molecule has 1 heterocycles. The molecule has 0 spiro atoms. The molecule has 0 aromatic heterocycles.